The van der Waals surface area contributed by atoms with Gasteiger partial charge >= 0.3 is 0 Å². The van der Waals surface area contributed by atoms with E-state index in [1.165, 1.54) is 6.07 Å². The van der Waals surface area contributed by atoms with Crippen molar-refractivity contribution >= 4 is 15.9 Å². The molecule has 0 aliphatic heterocycles. The van der Waals surface area contributed by atoms with Gasteiger partial charge in [-0.2, -0.15) is 0 Å². The predicted molar refractivity (Wildman–Crippen MR) is 74.0 cm³/mol. The minimum atomic E-state index is -0.182. The van der Waals surface area contributed by atoms with Crippen LogP contribution < -0.4 is 5.32 Å². The van der Waals surface area contributed by atoms with Gasteiger partial charge < -0.3 is 10.1 Å². The van der Waals surface area contributed by atoms with Crippen LogP contribution in [-0.2, 0) is 11.3 Å². The summed E-state index contributed by atoms with van der Waals surface area (Å²) in [4.78, 5) is 0. The number of ether oxygens (including phenoxy) is 1. The Morgan fingerprint density at radius 3 is 2.72 bits per heavy atom. The summed E-state index contributed by atoms with van der Waals surface area (Å²) in [5, 5.41) is 3.50. The fraction of sp³-hybridized carbons (Fsp3) is 0.571. The fourth-order valence-corrected chi connectivity index (χ4v) is 2.82. The SMILES string of the molecule is COC1CCC(NCc2cc(F)ccc2Br)CC1. The van der Waals surface area contributed by atoms with Crippen LogP contribution in [0.2, 0.25) is 0 Å². The largest absolute Gasteiger partial charge is 0.381 e. The number of rotatable bonds is 4. The minimum absolute atomic E-state index is 0.182. The lowest BCUT2D eigenvalue weighted by Crippen LogP contribution is -2.34. The average Bonchev–Trinajstić information content (AvgIpc) is 2.40. The Morgan fingerprint density at radius 2 is 2.06 bits per heavy atom. The van der Waals surface area contributed by atoms with Crippen molar-refractivity contribution in [3.63, 3.8) is 0 Å². The zero-order chi connectivity index (χ0) is 13.0. The molecular weight excluding hydrogens is 297 g/mol. The van der Waals surface area contributed by atoms with Crippen molar-refractivity contribution in [2.75, 3.05) is 7.11 Å². The average molecular weight is 316 g/mol. The highest BCUT2D eigenvalue weighted by atomic mass is 79.9. The first kappa shape index (κ1) is 14.0. The number of hydrogen-bond donors (Lipinski definition) is 1. The van der Waals surface area contributed by atoms with Gasteiger partial charge in [-0.25, -0.2) is 4.39 Å². The Labute approximate surface area is 116 Å². The van der Waals surface area contributed by atoms with E-state index in [2.05, 4.69) is 21.2 Å². The fourth-order valence-electron chi connectivity index (χ4n) is 2.44. The first-order valence-corrected chi connectivity index (χ1v) is 7.18. The Balaban J connectivity index is 1.83. The lowest BCUT2D eigenvalue weighted by molar-refractivity contribution is 0.0624. The molecule has 0 atom stereocenters. The van der Waals surface area contributed by atoms with Gasteiger partial charge in [0, 0.05) is 24.2 Å². The molecule has 0 bridgehead atoms. The van der Waals surface area contributed by atoms with Crippen molar-refractivity contribution in [1.82, 2.24) is 5.32 Å². The van der Waals surface area contributed by atoms with E-state index >= 15 is 0 Å². The van der Waals surface area contributed by atoms with Crippen LogP contribution >= 0.6 is 15.9 Å². The zero-order valence-electron chi connectivity index (χ0n) is 10.6. The molecule has 0 radical (unpaired) electrons. The second-order valence-corrected chi connectivity index (χ2v) is 5.68. The van der Waals surface area contributed by atoms with Gasteiger partial charge in [-0.05, 0) is 49.4 Å². The van der Waals surface area contributed by atoms with Gasteiger partial charge in [0.15, 0.2) is 0 Å². The topological polar surface area (TPSA) is 21.3 Å². The lowest BCUT2D eigenvalue weighted by Gasteiger charge is -2.28. The van der Waals surface area contributed by atoms with E-state index in [1.807, 2.05) is 0 Å². The van der Waals surface area contributed by atoms with E-state index in [4.69, 9.17) is 4.74 Å². The van der Waals surface area contributed by atoms with Crippen LogP contribution in [0.5, 0.6) is 0 Å². The Kier molecular flexibility index (Phi) is 5.15. The smallest absolute Gasteiger partial charge is 0.123 e. The van der Waals surface area contributed by atoms with Gasteiger partial charge in [0.1, 0.15) is 5.82 Å². The van der Waals surface area contributed by atoms with Gasteiger partial charge in [0.2, 0.25) is 0 Å². The lowest BCUT2D eigenvalue weighted by atomic mass is 9.93. The van der Waals surface area contributed by atoms with Gasteiger partial charge in [0.25, 0.3) is 0 Å². The normalized spacial score (nSPS) is 24.2. The summed E-state index contributed by atoms with van der Waals surface area (Å²) in [5.41, 5.74) is 0.976. The van der Waals surface area contributed by atoms with Crippen LogP contribution in [0.25, 0.3) is 0 Å². The van der Waals surface area contributed by atoms with E-state index in [-0.39, 0.29) is 5.82 Å². The quantitative estimate of drug-likeness (QED) is 0.916. The highest BCUT2D eigenvalue weighted by molar-refractivity contribution is 9.10. The first-order chi connectivity index (χ1) is 8.69. The number of hydrogen-bond acceptors (Lipinski definition) is 2. The van der Waals surface area contributed by atoms with Crippen LogP contribution in [0.15, 0.2) is 22.7 Å². The molecule has 0 saturated heterocycles. The molecule has 1 fully saturated rings. The molecule has 1 aliphatic carbocycles. The highest BCUT2D eigenvalue weighted by Crippen LogP contribution is 2.22. The molecule has 2 nitrogen and oxygen atoms in total. The number of halogens is 2. The van der Waals surface area contributed by atoms with Gasteiger partial charge in [0.05, 0.1) is 6.10 Å². The number of nitrogens with one attached hydrogen (secondary N) is 1. The summed E-state index contributed by atoms with van der Waals surface area (Å²) in [6.45, 7) is 0.709. The van der Waals surface area contributed by atoms with E-state index in [9.17, 15) is 4.39 Å². The van der Waals surface area contributed by atoms with Gasteiger partial charge in [-0.1, -0.05) is 15.9 Å². The molecular formula is C14H19BrFNO. The molecule has 0 aromatic heterocycles. The van der Waals surface area contributed by atoms with Crippen LogP contribution in [-0.4, -0.2) is 19.3 Å². The molecule has 0 heterocycles. The van der Waals surface area contributed by atoms with Gasteiger partial charge in [-0.15, -0.1) is 0 Å². The monoisotopic (exact) mass is 315 g/mol. The maximum absolute atomic E-state index is 13.1. The standard InChI is InChI=1S/C14H19BrFNO/c1-18-13-5-3-12(4-6-13)17-9-10-8-11(16)2-7-14(10)15/h2,7-8,12-13,17H,3-6,9H2,1H3. The third-order valence-corrected chi connectivity index (χ3v) is 4.37. The number of methoxy groups -OCH3 is 1. The molecule has 1 aliphatic rings. The predicted octanol–water partition coefficient (Wildman–Crippen LogP) is 3.64. The van der Waals surface area contributed by atoms with E-state index < -0.39 is 0 Å². The molecule has 100 valence electrons. The van der Waals surface area contributed by atoms with E-state index in [0.29, 0.717) is 18.7 Å². The molecule has 1 aromatic carbocycles. The Morgan fingerprint density at radius 1 is 1.33 bits per heavy atom. The highest BCUT2D eigenvalue weighted by Gasteiger charge is 2.20. The molecule has 0 amide bonds. The maximum Gasteiger partial charge on any atom is 0.123 e. The van der Waals surface area contributed by atoms with Crippen molar-refractivity contribution in [2.45, 2.75) is 44.4 Å². The Bertz CT molecular complexity index is 391. The van der Waals surface area contributed by atoms with Crippen LogP contribution in [0.3, 0.4) is 0 Å². The van der Waals surface area contributed by atoms with Crippen molar-refractivity contribution in [3.05, 3.63) is 34.1 Å². The first-order valence-electron chi connectivity index (χ1n) is 6.39. The third kappa shape index (κ3) is 3.77. The Hall–Kier alpha value is -0.450. The van der Waals surface area contributed by atoms with E-state index in [0.717, 1.165) is 35.7 Å². The molecule has 1 saturated carbocycles. The van der Waals surface area contributed by atoms with Crippen LogP contribution in [0.1, 0.15) is 31.2 Å². The molecule has 0 spiro atoms. The van der Waals surface area contributed by atoms with Gasteiger partial charge in [-0.3, -0.25) is 0 Å². The summed E-state index contributed by atoms with van der Waals surface area (Å²) in [6.07, 6.45) is 4.90. The summed E-state index contributed by atoms with van der Waals surface area (Å²) in [5.74, 6) is -0.182. The van der Waals surface area contributed by atoms with E-state index in [1.54, 1.807) is 19.2 Å². The van der Waals surface area contributed by atoms with Crippen molar-refractivity contribution in [2.24, 2.45) is 0 Å². The zero-order valence-corrected chi connectivity index (χ0v) is 12.2. The summed E-state index contributed by atoms with van der Waals surface area (Å²) in [6, 6.07) is 5.33. The summed E-state index contributed by atoms with van der Waals surface area (Å²) >= 11 is 3.45. The molecule has 0 unspecified atom stereocenters. The second-order valence-electron chi connectivity index (χ2n) is 4.83. The summed E-state index contributed by atoms with van der Waals surface area (Å²) < 4.78 is 19.5. The molecule has 18 heavy (non-hydrogen) atoms. The second kappa shape index (κ2) is 6.64. The molecule has 2 rings (SSSR count). The molecule has 1 N–H and O–H groups in total. The minimum Gasteiger partial charge on any atom is -0.381 e. The maximum atomic E-state index is 13.1. The summed E-state index contributed by atoms with van der Waals surface area (Å²) in [7, 11) is 1.78. The van der Waals surface area contributed by atoms with Crippen molar-refractivity contribution < 1.29 is 9.13 Å². The van der Waals surface area contributed by atoms with Crippen molar-refractivity contribution in [1.29, 1.82) is 0 Å². The third-order valence-electron chi connectivity index (χ3n) is 3.60. The molecule has 1 aromatic rings. The van der Waals surface area contributed by atoms with Crippen molar-refractivity contribution in [3.8, 4) is 0 Å². The van der Waals surface area contributed by atoms with Crippen LogP contribution in [0, 0.1) is 5.82 Å². The molecule has 4 heteroatoms. The number of benzene rings is 1. The van der Waals surface area contributed by atoms with Crippen LogP contribution in [0.4, 0.5) is 4.39 Å².